The third-order valence-corrected chi connectivity index (χ3v) is 1.20. The molecule has 0 atom stereocenters. The Morgan fingerprint density at radius 1 is 1.09 bits per heavy atom. The Balaban J connectivity index is 2.41. The summed E-state index contributed by atoms with van der Waals surface area (Å²) in [5.74, 6) is -1.41. The minimum absolute atomic E-state index is 0.297. The van der Waals surface area contributed by atoms with E-state index in [4.69, 9.17) is 10.2 Å². The third-order valence-electron chi connectivity index (χ3n) is 1.20. The summed E-state index contributed by atoms with van der Waals surface area (Å²) < 4.78 is 8.35. The average molecular weight is 162 g/mol. The van der Waals surface area contributed by atoms with E-state index in [0.717, 1.165) is 0 Å². The summed E-state index contributed by atoms with van der Waals surface area (Å²) in [6.07, 6.45) is -2.45. The lowest BCUT2D eigenvalue weighted by Gasteiger charge is -2.11. The maximum Gasteiger partial charge on any atom is 0.509 e. The molecule has 0 aromatic carbocycles. The lowest BCUT2D eigenvalue weighted by Crippen LogP contribution is -2.24. The van der Waals surface area contributed by atoms with Gasteiger partial charge in [0.25, 0.3) is 5.79 Å². The molecule has 0 spiro atoms. The SMILES string of the molecule is O=C(O)OC1(OC(=O)O)CC1. The van der Waals surface area contributed by atoms with Crippen molar-refractivity contribution in [3.05, 3.63) is 0 Å². The number of rotatable bonds is 2. The largest absolute Gasteiger partial charge is 0.509 e. The zero-order chi connectivity index (χ0) is 8.48. The van der Waals surface area contributed by atoms with Crippen LogP contribution in [0.25, 0.3) is 0 Å². The first kappa shape index (κ1) is 7.64. The zero-order valence-corrected chi connectivity index (χ0v) is 5.44. The first-order valence-corrected chi connectivity index (χ1v) is 2.88. The molecule has 1 saturated carbocycles. The summed E-state index contributed by atoms with van der Waals surface area (Å²) >= 11 is 0. The number of hydrogen-bond donors (Lipinski definition) is 2. The average Bonchev–Trinajstić information content (AvgIpc) is 2.43. The summed E-state index contributed by atoms with van der Waals surface area (Å²) in [5.41, 5.74) is 0. The standard InChI is InChI=1S/C5H6O6/c6-3(7)10-5(1-2-5)11-4(8)9/h1-2H2,(H,6,7)(H,8,9). The van der Waals surface area contributed by atoms with E-state index in [1.54, 1.807) is 0 Å². The van der Waals surface area contributed by atoms with E-state index in [0.29, 0.717) is 12.8 Å². The van der Waals surface area contributed by atoms with E-state index < -0.39 is 18.1 Å². The minimum atomic E-state index is -1.52. The molecule has 0 heterocycles. The molecule has 2 N–H and O–H groups in total. The predicted molar refractivity (Wildman–Crippen MR) is 30.2 cm³/mol. The molecule has 0 unspecified atom stereocenters. The highest BCUT2D eigenvalue weighted by Crippen LogP contribution is 2.40. The number of carboxylic acid groups (broad SMARTS) is 2. The Hall–Kier alpha value is -1.46. The lowest BCUT2D eigenvalue weighted by atomic mass is 10.7. The smallest absolute Gasteiger partial charge is 0.450 e. The van der Waals surface area contributed by atoms with Crippen molar-refractivity contribution in [3.63, 3.8) is 0 Å². The quantitative estimate of drug-likeness (QED) is 0.462. The van der Waals surface area contributed by atoms with Gasteiger partial charge in [0, 0.05) is 12.8 Å². The summed E-state index contributed by atoms with van der Waals surface area (Å²) in [4.78, 5) is 19.9. The van der Waals surface area contributed by atoms with Gasteiger partial charge in [-0.25, -0.2) is 9.59 Å². The molecular weight excluding hydrogens is 156 g/mol. The summed E-state index contributed by atoms with van der Waals surface area (Å²) in [6.45, 7) is 0. The normalized spacial score (nSPS) is 18.5. The van der Waals surface area contributed by atoms with E-state index in [9.17, 15) is 9.59 Å². The molecule has 62 valence electrons. The van der Waals surface area contributed by atoms with Crippen LogP contribution >= 0.6 is 0 Å². The Bertz CT molecular complexity index is 175. The van der Waals surface area contributed by atoms with E-state index in [2.05, 4.69) is 9.47 Å². The lowest BCUT2D eigenvalue weighted by molar-refractivity contribution is -0.112. The van der Waals surface area contributed by atoms with Gasteiger partial charge in [0.1, 0.15) is 0 Å². The van der Waals surface area contributed by atoms with Gasteiger partial charge in [-0.05, 0) is 0 Å². The fourth-order valence-corrected chi connectivity index (χ4v) is 0.645. The zero-order valence-electron chi connectivity index (χ0n) is 5.44. The van der Waals surface area contributed by atoms with Crippen molar-refractivity contribution in [1.82, 2.24) is 0 Å². The van der Waals surface area contributed by atoms with Crippen LogP contribution in [-0.2, 0) is 9.47 Å². The highest BCUT2D eigenvalue weighted by Gasteiger charge is 2.52. The third kappa shape index (κ3) is 1.99. The molecule has 0 aromatic rings. The van der Waals surface area contributed by atoms with Gasteiger partial charge in [-0.2, -0.15) is 0 Å². The Labute approximate surface area is 61.3 Å². The molecule has 1 aliphatic rings. The number of carbonyl (C=O) groups is 2. The van der Waals surface area contributed by atoms with E-state index >= 15 is 0 Å². The van der Waals surface area contributed by atoms with Crippen molar-refractivity contribution in [2.75, 3.05) is 0 Å². The molecule has 1 rings (SSSR count). The minimum Gasteiger partial charge on any atom is -0.450 e. The molecule has 1 aliphatic carbocycles. The second-order valence-electron chi connectivity index (χ2n) is 2.15. The first-order valence-electron chi connectivity index (χ1n) is 2.88. The van der Waals surface area contributed by atoms with Gasteiger partial charge in [-0.3, -0.25) is 0 Å². The van der Waals surface area contributed by atoms with Crippen LogP contribution in [-0.4, -0.2) is 28.3 Å². The highest BCUT2D eigenvalue weighted by molar-refractivity contribution is 5.60. The molecule has 0 radical (unpaired) electrons. The molecular formula is C5H6O6. The van der Waals surface area contributed by atoms with Crippen LogP contribution in [0.5, 0.6) is 0 Å². The molecule has 6 heteroatoms. The van der Waals surface area contributed by atoms with Crippen molar-refractivity contribution >= 4 is 12.3 Å². The van der Waals surface area contributed by atoms with Gasteiger partial charge in [-0.1, -0.05) is 0 Å². The van der Waals surface area contributed by atoms with E-state index in [-0.39, 0.29) is 0 Å². The van der Waals surface area contributed by atoms with Crippen molar-refractivity contribution < 1.29 is 29.3 Å². The predicted octanol–water partition coefficient (Wildman–Crippen LogP) is 0.866. The maximum absolute atomic E-state index is 9.94. The van der Waals surface area contributed by atoms with E-state index in [1.165, 1.54) is 0 Å². The Morgan fingerprint density at radius 2 is 1.45 bits per heavy atom. The Kier molecular flexibility index (Phi) is 1.60. The second kappa shape index (κ2) is 2.30. The molecule has 1 fully saturated rings. The van der Waals surface area contributed by atoms with Gasteiger partial charge in [0.05, 0.1) is 0 Å². The van der Waals surface area contributed by atoms with E-state index in [1.807, 2.05) is 0 Å². The fraction of sp³-hybridized carbons (Fsp3) is 0.600. The molecule has 0 aliphatic heterocycles. The molecule has 0 bridgehead atoms. The van der Waals surface area contributed by atoms with Crippen LogP contribution in [0.2, 0.25) is 0 Å². The number of hydrogen-bond acceptors (Lipinski definition) is 4. The summed E-state index contributed by atoms with van der Waals surface area (Å²) in [6, 6.07) is 0. The van der Waals surface area contributed by atoms with Crippen molar-refractivity contribution in [2.24, 2.45) is 0 Å². The van der Waals surface area contributed by atoms with Gasteiger partial charge in [0.15, 0.2) is 0 Å². The fourth-order valence-electron chi connectivity index (χ4n) is 0.645. The first-order chi connectivity index (χ1) is 5.04. The van der Waals surface area contributed by atoms with Crippen molar-refractivity contribution in [2.45, 2.75) is 18.6 Å². The molecule has 0 aromatic heterocycles. The Morgan fingerprint density at radius 3 is 1.64 bits per heavy atom. The molecule has 11 heavy (non-hydrogen) atoms. The van der Waals surface area contributed by atoms with Gasteiger partial charge in [-0.15, -0.1) is 0 Å². The molecule has 6 nitrogen and oxygen atoms in total. The van der Waals surface area contributed by atoms with Gasteiger partial charge in [0.2, 0.25) is 0 Å². The van der Waals surface area contributed by atoms with Crippen molar-refractivity contribution in [1.29, 1.82) is 0 Å². The van der Waals surface area contributed by atoms with Gasteiger partial charge >= 0.3 is 12.3 Å². The van der Waals surface area contributed by atoms with Crippen LogP contribution in [0.3, 0.4) is 0 Å². The summed E-state index contributed by atoms with van der Waals surface area (Å²) in [7, 11) is 0. The topological polar surface area (TPSA) is 93.1 Å². The highest BCUT2D eigenvalue weighted by atomic mass is 16.8. The monoisotopic (exact) mass is 162 g/mol. The van der Waals surface area contributed by atoms with Crippen LogP contribution in [0, 0.1) is 0 Å². The molecule has 0 amide bonds. The number of ether oxygens (including phenoxy) is 2. The molecule has 0 saturated heterocycles. The van der Waals surface area contributed by atoms with Crippen LogP contribution in [0.1, 0.15) is 12.8 Å². The van der Waals surface area contributed by atoms with Crippen LogP contribution in [0.4, 0.5) is 9.59 Å². The van der Waals surface area contributed by atoms with Gasteiger partial charge < -0.3 is 19.7 Å². The summed E-state index contributed by atoms with van der Waals surface area (Å²) in [5, 5.41) is 16.2. The van der Waals surface area contributed by atoms with Crippen molar-refractivity contribution in [3.8, 4) is 0 Å². The van der Waals surface area contributed by atoms with Crippen LogP contribution in [0.15, 0.2) is 0 Å². The van der Waals surface area contributed by atoms with Crippen LogP contribution < -0.4 is 0 Å². The maximum atomic E-state index is 9.94. The second-order valence-corrected chi connectivity index (χ2v) is 2.15.